The number of aryl methyl sites for hydroxylation is 2. The summed E-state index contributed by atoms with van der Waals surface area (Å²) in [6.45, 7) is 7.80. The van der Waals surface area contributed by atoms with Gasteiger partial charge in [0, 0.05) is 9.37 Å². The smallest absolute Gasteiger partial charge is 0.316 e. The maximum absolute atomic E-state index is 11.4. The van der Waals surface area contributed by atoms with Gasteiger partial charge in [0.1, 0.15) is 0 Å². The number of carbonyl (C=O) groups is 1. The second-order valence-electron chi connectivity index (χ2n) is 4.19. The van der Waals surface area contributed by atoms with Crippen molar-refractivity contribution < 1.29 is 9.53 Å². The molecule has 0 unspecified atom stereocenters. The normalized spacial score (nSPS) is 10.7. The van der Waals surface area contributed by atoms with Crippen LogP contribution in [0.5, 0.6) is 0 Å². The number of thioether (sulfide) groups is 1. The molecule has 0 heterocycles. The van der Waals surface area contributed by atoms with Crippen LogP contribution < -0.4 is 0 Å². The molecular formula is C13H17BrO2S. The van der Waals surface area contributed by atoms with E-state index in [1.54, 1.807) is 0 Å². The van der Waals surface area contributed by atoms with Crippen LogP contribution in [-0.4, -0.2) is 17.8 Å². The Morgan fingerprint density at radius 3 is 2.59 bits per heavy atom. The molecule has 17 heavy (non-hydrogen) atoms. The Hall–Kier alpha value is -0.480. The van der Waals surface area contributed by atoms with Gasteiger partial charge in [0.15, 0.2) is 0 Å². The van der Waals surface area contributed by atoms with Gasteiger partial charge in [-0.1, -0.05) is 15.9 Å². The van der Waals surface area contributed by atoms with Crippen molar-refractivity contribution in [3.8, 4) is 0 Å². The van der Waals surface area contributed by atoms with E-state index in [0.717, 1.165) is 9.37 Å². The fourth-order valence-corrected chi connectivity index (χ4v) is 2.69. The molecule has 0 radical (unpaired) electrons. The van der Waals surface area contributed by atoms with Crippen molar-refractivity contribution >= 4 is 33.7 Å². The lowest BCUT2D eigenvalue weighted by Crippen LogP contribution is -2.13. The van der Waals surface area contributed by atoms with Crippen LogP contribution in [0.15, 0.2) is 21.5 Å². The summed E-state index contributed by atoms with van der Waals surface area (Å²) in [4.78, 5) is 12.6. The average molecular weight is 317 g/mol. The topological polar surface area (TPSA) is 26.3 Å². The quantitative estimate of drug-likeness (QED) is 0.617. The molecule has 1 aromatic rings. The van der Waals surface area contributed by atoms with E-state index in [9.17, 15) is 4.79 Å². The van der Waals surface area contributed by atoms with E-state index in [4.69, 9.17) is 4.74 Å². The number of halogens is 1. The Kier molecular flexibility index (Phi) is 5.53. The van der Waals surface area contributed by atoms with Crippen molar-refractivity contribution in [2.75, 3.05) is 5.75 Å². The first kappa shape index (κ1) is 14.6. The SMILES string of the molecule is Cc1cc(SCC(=O)OC(C)C)c(C)cc1Br. The molecule has 0 aromatic heterocycles. The molecule has 0 aliphatic carbocycles. The minimum atomic E-state index is -0.162. The molecule has 94 valence electrons. The maximum atomic E-state index is 11.4. The number of hydrogen-bond donors (Lipinski definition) is 0. The largest absolute Gasteiger partial charge is 0.462 e. The van der Waals surface area contributed by atoms with Crippen LogP contribution in [-0.2, 0) is 9.53 Å². The van der Waals surface area contributed by atoms with E-state index >= 15 is 0 Å². The van der Waals surface area contributed by atoms with Crippen LogP contribution in [0.1, 0.15) is 25.0 Å². The number of rotatable bonds is 4. The predicted octanol–water partition coefficient (Wildman–Crippen LogP) is 4.11. The van der Waals surface area contributed by atoms with Crippen LogP contribution in [0, 0.1) is 13.8 Å². The Morgan fingerprint density at radius 2 is 2.00 bits per heavy atom. The first-order chi connectivity index (χ1) is 7.90. The van der Waals surface area contributed by atoms with Gasteiger partial charge in [-0.25, -0.2) is 0 Å². The third kappa shape index (κ3) is 4.72. The molecule has 4 heteroatoms. The zero-order chi connectivity index (χ0) is 13.0. The highest BCUT2D eigenvalue weighted by Crippen LogP contribution is 2.28. The van der Waals surface area contributed by atoms with Gasteiger partial charge in [-0.2, -0.15) is 0 Å². The van der Waals surface area contributed by atoms with E-state index in [1.165, 1.54) is 22.9 Å². The van der Waals surface area contributed by atoms with E-state index in [1.807, 2.05) is 27.7 Å². The maximum Gasteiger partial charge on any atom is 0.316 e. The number of ether oxygens (including phenoxy) is 1. The van der Waals surface area contributed by atoms with E-state index in [0.29, 0.717) is 5.75 Å². The van der Waals surface area contributed by atoms with Crippen molar-refractivity contribution in [2.24, 2.45) is 0 Å². The summed E-state index contributed by atoms with van der Waals surface area (Å²) < 4.78 is 6.20. The van der Waals surface area contributed by atoms with Gasteiger partial charge in [-0.15, -0.1) is 11.8 Å². The van der Waals surface area contributed by atoms with Crippen molar-refractivity contribution in [3.05, 3.63) is 27.7 Å². The molecule has 0 fully saturated rings. The standard InChI is InChI=1S/C13H17BrO2S/c1-8(2)16-13(15)7-17-12-6-9(3)11(14)5-10(12)4/h5-6,8H,7H2,1-4H3. The third-order valence-corrected chi connectivity index (χ3v) is 4.15. The highest BCUT2D eigenvalue weighted by Gasteiger charge is 2.09. The monoisotopic (exact) mass is 316 g/mol. The second kappa shape index (κ2) is 6.45. The van der Waals surface area contributed by atoms with Gasteiger partial charge < -0.3 is 4.74 Å². The predicted molar refractivity (Wildman–Crippen MR) is 75.6 cm³/mol. The number of carbonyl (C=O) groups excluding carboxylic acids is 1. The van der Waals surface area contributed by atoms with Gasteiger partial charge in [0.05, 0.1) is 11.9 Å². The average Bonchev–Trinajstić information content (AvgIpc) is 2.20. The van der Waals surface area contributed by atoms with E-state index < -0.39 is 0 Å². The number of esters is 1. The first-order valence-corrected chi connectivity index (χ1v) is 7.27. The number of hydrogen-bond acceptors (Lipinski definition) is 3. The van der Waals surface area contributed by atoms with Gasteiger partial charge in [0.2, 0.25) is 0 Å². The fourth-order valence-electron chi connectivity index (χ4n) is 1.34. The lowest BCUT2D eigenvalue weighted by Gasteiger charge is -2.10. The molecule has 0 spiro atoms. The Labute approximate surface area is 115 Å². The van der Waals surface area contributed by atoms with E-state index in [2.05, 4.69) is 28.1 Å². The lowest BCUT2D eigenvalue weighted by atomic mass is 10.2. The van der Waals surface area contributed by atoms with Crippen molar-refractivity contribution in [1.82, 2.24) is 0 Å². The Balaban J connectivity index is 2.63. The van der Waals surface area contributed by atoms with Crippen molar-refractivity contribution in [3.63, 3.8) is 0 Å². The molecule has 1 aromatic carbocycles. The lowest BCUT2D eigenvalue weighted by molar-refractivity contribution is -0.144. The van der Waals surface area contributed by atoms with Crippen molar-refractivity contribution in [2.45, 2.75) is 38.7 Å². The summed E-state index contributed by atoms with van der Waals surface area (Å²) in [6.07, 6.45) is -0.0455. The Morgan fingerprint density at radius 1 is 1.35 bits per heavy atom. The highest BCUT2D eigenvalue weighted by molar-refractivity contribution is 9.10. The zero-order valence-corrected chi connectivity index (χ0v) is 12.9. The summed E-state index contributed by atoms with van der Waals surface area (Å²) in [5, 5.41) is 0. The summed E-state index contributed by atoms with van der Waals surface area (Å²) in [5.74, 6) is 0.199. The summed E-state index contributed by atoms with van der Waals surface area (Å²) in [7, 11) is 0. The molecule has 1 rings (SSSR count). The molecule has 0 bridgehead atoms. The van der Waals surface area contributed by atoms with Crippen LogP contribution in [0.25, 0.3) is 0 Å². The molecule has 0 amide bonds. The molecule has 0 atom stereocenters. The molecule has 0 N–H and O–H groups in total. The fraction of sp³-hybridized carbons (Fsp3) is 0.462. The molecule has 2 nitrogen and oxygen atoms in total. The molecule has 0 aliphatic heterocycles. The summed E-state index contributed by atoms with van der Waals surface area (Å²) in [6, 6.07) is 4.16. The van der Waals surface area contributed by atoms with Gasteiger partial charge in [-0.3, -0.25) is 4.79 Å². The Bertz CT molecular complexity index is 416. The molecule has 0 aliphatic rings. The minimum absolute atomic E-state index is 0.0455. The van der Waals surface area contributed by atoms with Crippen molar-refractivity contribution in [1.29, 1.82) is 0 Å². The number of benzene rings is 1. The summed E-state index contributed by atoms with van der Waals surface area (Å²) in [5.41, 5.74) is 2.35. The van der Waals surface area contributed by atoms with E-state index in [-0.39, 0.29) is 12.1 Å². The highest BCUT2D eigenvalue weighted by atomic mass is 79.9. The van der Waals surface area contributed by atoms with Crippen LogP contribution in [0.4, 0.5) is 0 Å². The van der Waals surface area contributed by atoms with Crippen LogP contribution in [0.2, 0.25) is 0 Å². The third-order valence-electron chi connectivity index (χ3n) is 2.17. The molecular weight excluding hydrogens is 300 g/mol. The minimum Gasteiger partial charge on any atom is -0.462 e. The van der Waals surface area contributed by atoms with Gasteiger partial charge in [-0.05, 0) is 51.0 Å². The second-order valence-corrected chi connectivity index (χ2v) is 6.07. The van der Waals surface area contributed by atoms with Crippen LogP contribution in [0.3, 0.4) is 0 Å². The molecule has 0 saturated heterocycles. The zero-order valence-electron chi connectivity index (χ0n) is 10.5. The first-order valence-electron chi connectivity index (χ1n) is 5.49. The van der Waals surface area contributed by atoms with Gasteiger partial charge >= 0.3 is 5.97 Å². The van der Waals surface area contributed by atoms with Crippen LogP contribution >= 0.6 is 27.7 Å². The van der Waals surface area contributed by atoms with Gasteiger partial charge in [0.25, 0.3) is 0 Å². The summed E-state index contributed by atoms with van der Waals surface area (Å²) >= 11 is 5.02. The molecule has 0 saturated carbocycles.